The number of nitrogens with two attached hydrogens (primary N) is 1. The van der Waals surface area contributed by atoms with Crippen LogP contribution in [0, 0.1) is 0 Å². The zero-order valence-electron chi connectivity index (χ0n) is 24.4. The molecule has 1 aromatic carbocycles. The maximum Gasteiger partial charge on any atom is 0.343 e. The van der Waals surface area contributed by atoms with E-state index in [1.54, 1.807) is 11.3 Å². The summed E-state index contributed by atoms with van der Waals surface area (Å²) in [6, 6.07) is 7.14. The van der Waals surface area contributed by atoms with Gasteiger partial charge in [0.1, 0.15) is 10.6 Å². The first-order chi connectivity index (χ1) is 18.5. The highest BCUT2D eigenvalue weighted by Gasteiger charge is 2.39. The number of fused-ring (bicyclic) bond motifs is 1. The molecular weight excluding hydrogens is 525 g/mol. The molecule has 3 heterocycles. The Balaban J connectivity index is 1.47. The Labute approximate surface area is 237 Å². The van der Waals surface area contributed by atoms with Crippen molar-refractivity contribution in [2.45, 2.75) is 95.9 Å². The molecule has 2 N–H and O–H groups in total. The first-order valence-corrected chi connectivity index (χ1v) is 18.1. The molecule has 3 aromatic rings. The van der Waals surface area contributed by atoms with E-state index in [1.807, 2.05) is 6.33 Å². The van der Waals surface area contributed by atoms with Gasteiger partial charge in [-0.05, 0) is 61.5 Å². The van der Waals surface area contributed by atoms with Crippen molar-refractivity contribution in [2.75, 3.05) is 30.9 Å². The highest BCUT2D eigenvalue weighted by molar-refractivity contribution is 7.20. The third-order valence-corrected chi connectivity index (χ3v) is 15.0. The van der Waals surface area contributed by atoms with Crippen molar-refractivity contribution in [1.29, 1.82) is 0 Å². The fourth-order valence-electron chi connectivity index (χ4n) is 5.77. The number of rotatable bonds is 7. The van der Waals surface area contributed by atoms with E-state index in [1.165, 1.54) is 39.2 Å². The van der Waals surface area contributed by atoms with Crippen LogP contribution in [0.25, 0.3) is 21.5 Å². The minimum absolute atomic E-state index is 0.150. The topological polar surface area (TPSA) is 82.6 Å². The van der Waals surface area contributed by atoms with E-state index in [0.717, 1.165) is 45.9 Å². The van der Waals surface area contributed by atoms with Gasteiger partial charge in [0, 0.05) is 12.6 Å². The van der Waals surface area contributed by atoms with Gasteiger partial charge < -0.3 is 24.4 Å². The van der Waals surface area contributed by atoms with Gasteiger partial charge in [-0.25, -0.2) is 9.78 Å². The minimum atomic E-state index is -1.89. The van der Waals surface area contributed by atoms with E-state index in [2.05, 4.69) is 61.5 Å². The Morgan fingerprint density at radius 3 is 2.59 bits per heavy atom. The molecule has 2 fully saturated rings. The number of ether oxygens (including phenoxy) is 1. The molecule has 2 aromatic heterocycles. The lowest BCUT2D eigenvalue weighted by Crippen LogP contribution is -2.44. The number of nitrogen functional groups attached to an aromatic ring is 1. The van der Waals surface area contributed by atoms with Crippen LogP contribution in [-0.4, -0.2) is 50.1 Å². The number of methoxy groups -OCH3 is 1. The average Bonchev–Trinajstić information content (AvgIpc) is 3.63. The average molecular weight is 569 g/mol. The van der Waals surface area contributed by atoms with Gasteiger partial charge in [0.15, 0.2) is 8.32 Å². The summed E-state index contributed by atoms with van der Waals surface area (Å²) in [5, 5.41) is 1.04. The molecule has 7 nitrogen and oxygen atoms in total. The normalized spacial score (nSPS) is 19.2. The van der Waals surface area contributed by atoms with Crippen molar-refractivity contribution in [3.05, 3.63) is 30.1 Å². The van der Waals surface area contributed by atoms with Crippen molar-refractivity contribution in [3.8, 4) is 10.4 Å². The molecular formula is C30H44N4O3SSi. The molecule has 0 amide bonds. The summed E-state index contributed by atoms with van der Waals surface area (Å²) in [6.07, 6.45) is 10.4. The Morgan fingerprint density at radius 2 is 1.90 bits per heavy atom. The van der Waals surface area contributed by atoms with Crippen LogP contribution < -0.4 is 10.6 Å². The molecule has 2 aliphatic rings. The number of nitrogens with zero attached hydrogens (tertiary/aromatic N) is 3. The first kappa shape index (κ1) is 28.2. The molecule has 9 heteroatoms. The molecule has 1 saturated carbocycles. The van der Waals surface area contributed by atoms with Crippen molar-refractivity contribution in [1.82, 2.24) is 9.55 Å². The van der Waals surface area contributed by atoms with E-state index in [0.29, 0.717) is 23.9 Å². The van der Waals surface area contributed by atoms with Crippen LogP contribution in [0.2, 0.25) is 18.1 Å². The van der Waals surface area contributed by atoms with Crippen molar-refractivity contribution >= 4 is 47.3 Å². The van der Waals surface area contributed by atoms with Gasteiger partial charge in [-0.2, -0.15) is 0 Å². The number of hydrogen-bond acceptors (Lipinski definition) is 7. The maximum absolute atomic E-state index is 13.0. The highest BCUT2D eigenvalue weighted by atomic mass is 32.1. The lowest BCUT2D eigenvalue weighted by atomic mass is 9.95. The lowest BCUT2D eigenvalue weighted by molar-refractivity contribution is 0.0603. The number of carbonyl (C=O) groups excluding carboxylic acids is 1. The number of carbonyl (C=O) groups is 1. The van der Waals surface area contributed by atoms with Crippen molar-refractivity contribution in [2.24, 2.45) is 0 Å². The molecule has 0 spiro atoms. The number of esters is 1. The number of aromatic nitrogens is 2. The second-order valence-electron chi connectivity index (χ2n) is 12.7. The number of anilines is 2. The standard InChI is InChI=1S/C30H44N4O3SSi/c1-30(2,3)39(5,6)37-18-22-13-10-16-33(22)28-25(29(35)36-4)26(31)27(38-28)20-14-15-24-23(17-20)32-19-34(24)21-11-8-7-9-12-21/h14-15,17,19,21-22H,7-13,16,18,31H2,1-6H3/t22-/m1/s1. The predicted octanol–water partition coefficient (Wildman–Crippen LogP) is 7.63. The Hall–Kier alpha value is -2.36. The van der Waals surface area contributed by atoms with E-state index in [4.69, 9.17) is 19.9 Å². The second kappa shape index (κ2) is 10.9. The molecule has 1 atom stereocenters. The van der Waals surface area contributed by atoms with Gasteiger partial charge in [0.05, 0.1) is 47.7 Å². The molecule has 1 aliphatic heterocycles. The van der Waals surface area contributed by atoms with E-state index in [9.17, 15) is 4.79 Å². The van der Waals surface area contributed by atoms with Crippen LogP contribution in [0.3, 0.4) is 0 Å². The molecule has 39 heavy (non-hydrogen) atoms. The third kappa shape index (κ3) is 5.37. The lowest BCUT2D eigenvalue weighted by Gasteiger charge is -2.38. The van der Waals surface area contributed by atoms with Crippen LogP contribution in [0.1, 0.15) is 82.1 Å². The molecule has 0 unspecified atom stereocenters. The molecule has 1 saturated heterocycles. The summed E-state index contributed by atoms with van der Waals surface area (Å²) in [4.78, 5) is 21.0. The van der Waals surface area contributed by atoms with Gasteiger partial charge in [0.25, 0.3) is 0 Å². The van der Waals surface area contributed by atoms with Crippen molar-refractivity contribution < 1.29 is 14.0 Å². The van der Waals surface area contributed by atoms with Crippen molar-refractivity contribution in [3.63, 3.8) is 0 Å². The van der Waals surface area contributed by atoms with Crippen LogP contribution in [0.5, 0.6) is 0 Å². The summed E-state index contributed by atoms with van der Waals surface area (Å²) in [6.45, 7) is 12.9. The molecule has 0 radical (unpaired) electrons. The zero-order valence-corrected chi connectivity index (χ0v) is 26.2. The molecule has 5 rings (SSSR count). The van der Waals surface area contributed by atoms with Crippen LogP contribution >= 0.6 is 11.3 Å². The Bertz CT molecular complexity index is 1340. The van der Waals surface area contributed by atoms with E-state index < -0.39 is 8.32 Å². The highest BCUT2D eigenvalue weighted by Crippen LogP contribution is 2.47. The molecule has 212 valence electrons. The van der Waals surface area contributed by atoms with Gasteiger partial charge in [-0.15, -0.1) is 11.3 Å². The summed E-state index contributed by atoms with van der Waals surface area (Å²) in [5.74, 6) is -0.386. The minimum Gasteiger partial charge on any atom is -0.465 e. The summed E-state index contributed by atoms with van der Waals surface area (Å²) in [7, 11) is -0.464. The quantitative estimate of drug-likeness (QED) is 0.233. The third-order valence-electron chi connectivity index (χ3n) is 9.20. The van der Waals surface area contributed by atoms with E-state index in [-0.39, 0.29) is 17.0 Å². The van der Waals surface area contributed by atoms with Gasteiger partial charge >= 0.3 is 5.97 Å². The van der Waals surface area contributed by atoms with Crippen LogP contribution in [0.4, 0.5) is 10.7 Å². The Kier molecular flexibility index (Phi) is 7.87. The first-order valence-electron chi connectivity index (χ1n) is 14.4. The molecule has 1 aliphatic carbocycles. The fourth-order valence-corrected chi connectivity index (χ4v) is 8.11. The second-order valence-corrected chi connectivity index (χ2v) is 18.5. The monoisotopic (exact) mass is 568 g/mol. The summed E-state index contributed by atoms with van der Waals surface area (Å²) in [5.41, 5.74) is 10.8. The van der Waals surface area contributed by atoms with E-state index >= 15 is 0 Å². The fraction of sp³-hybridized carbons (Fsp3) is 0.600. The summed E-state index contributed by atoms with van der Waals surface area (Å²) >= 11 is 1.59. The zero-order chi connectivity index (χ0) is 27.9. The van der Waals surface area contributed by atoms with Crippen LogP contribution in [0.15, 0.2) is 24.5 Å². The van der Waals surface area contributed by atoms with Gasteiger partial charge in [0.2, 0.25) is 0 Å². The molecule has 0 bridgehead atoms. The smallest absolute Gasteiger partial charge is 0.343 e. The van der Waals surface area contributed by atoms with Gasteiger partial charge in [-0.1, -0.05) is 46.1 Å². The SMILES string of the molecule is COC(=O)c1c(N2CCC[C@@H]2CO[Si](C)(C)C(C)(C)C)sc(-c2ccc3c(c2)ncn3C2CCCCC2)c1N. The van der Waals surface area contributed by atoms with Gasteiger partial charge in [-0.3, -0.25) is 0 Å². The Morgan fingerprint density at radius 1 is 1.15 bits per heavy atom. The number of benzene rings is 1. The summed E-state index contributed by atoms with van der Waals surface area (Å²) < 4.78 is 14.2. The maximum atomic E-state index is 13.0. The van der Waals surface area contributed by atoms with Crippen LogP contribution in [-0.2, 0) is 9.16 Å². The largest absolute Gasteiger partial charge is 0.465 e. The number of thiophene rings is 1. The number of hydrogen-bond donors (Lipinski definition) is 1. The number of imidazole rings is 1. The predicted molar refractivity (Wildman–Crippen MR) is 164 cm³/mol.